The van der Waals surface area contributed by atoms with E-state index in [-0.39, 0.29) is 0 Å². The number of esters is 1. The van der Waals surface area contributed by atoms with Gasteiger partial charge in [-0.05, 0) is 55.4 Å². The summed E-state index contributed by atoms with van der Waals surface area (Å²) in [7, 11) is 1.30. The number of likely N-dealkylation sites (N-methyl/N-ethyl adjacent to an activating group) is 1. The van der Waals surface area contributed by atoms with Gasteiger partial charge < -0.3 is 50.2 Å². The monoisotopic (exact) mass is 537 g/mol. The molecule has 0 rings (SSSR count). The number of hydrogen-bond acceptors (Lipinski definition) is 11. The van der Waals surface area contributed by atoms with Crippen molar-refractivity contribution in [2.75, 3.05) is 20.2 Å². The summed E-state index contributed by atoms with van der Waals surface area (Å²) < 4.78 is 14.9. The number of rotatable bonds is 11. The van der Waals surface area contributed by atoms with Crippen LogP contribution in [0.25, 0.3) is 0 Å². The summed E-state index contributed by atoms with van der Waals surface area (Å²) in [6.45, 7) is 11.4. The first-order chi connectivity index (χ1) is 16.6. The van der Waals surface area contributed by atoms with Crippen molar-refractivity contribution >= 4 is 24.1 Å². The van der Waals surface area contributed by atoms with Crippen LogP contribution in [0.1, 0.15) is 55.4 Å². The van der Waals surface area contributed by atoms with E-state index in [1.807, 2.05) is 0 Å². The molecule has 0 aromatic heterocycles. The van der Waals surface area contributed by atoms with Crippen LogP contribution in [0.2, 0.25) is 0 Å². The quantitative estimate of drug-likeness (QED) is 0.143. The summed E-state index contributed by atoms with van der Waals surface area (Å²) in [4.78, 5) is 49.1. The van der Waals surface area contributed by atoms with Crippen LogP contribution in [0.3, 0.4) is 0 Å². The third-order valence-corrected chi connectivity index (χ3v) is 4.56. The molecular formula is C23H43N3O11. The van der Waals surface area contributed by atoms with E-state index in [9.17, 15) is 39.6 Å². The van der Waals surface area contributed by atoms with Crippen LogP contribution in [0, 0.1) is 0 Å². The average molecular weight is 538 g/mol. The smallest absolute Gasteiger partial charge is 0.408 e. The molecule has 0 aromatic rings. The van der Waals surface area contributed by atoms with E-state index < -0.39 is 84.9 Å². The van der Waals surface area contributed by atoms with Crippen LogP contribution in [0.5, 0.6) is 0 Å². The van der Waals surface area contributed by atoms with Crippen LogP contribution in [0.4, 0.5) is 9.59 Å². The minimum atomic E-state index is -1.95. The van der Waals surface area contributed by atoms with E-state index in [1.54, 1.807) is 41.5 Å². The van der Waals surface area contributed by atoms with Crippen molar-refractivity contribution in [2.24, 2.45) is 0 Å². The normalized spacial score (nSPS) is 16.8. The Morgan fingerprint density at radius 2 is 1.16 bits per heavy atom. The third-order valence-electron chi connectivity index (χ3n) is 4.56. The molecule has 0 fully saturated rings. The number of nitrogens with zero attached hydrogens (tertiary/aromatic N) is 1. The highest BCUT2D eigenvalue weighted by Crippen LogP contribution is 2.10. The Hall–Kier alpha value is -2.68. The van der Waals surface area contributed by atoms with E-state index in [2.05, 4.69) is 10.6 Å². The van der Waals surface area contributed by atoms with Gasteiger partial charge in [-0.25, -0.2) is 14.4 Å². The number of alkyl carbamates (subject to hydrolysis) is 2. The molecule has 14 heteroatoms. The maximum atomic E-state index is 12.5. The Bertz CT molecular complexity index is 779. The fraction of sp³-hybridized carbons (Fsp3) is 0.826. The molecule has 6 N–H and O–H groups in total. The first-order valence-electron chi connectivity index (χ1n) is 11.8. The van der Waals surface area contributed by atoms with Crippen molar-refractivity contribution < 1.29 is 53.8 Å². The SMILES string of the molecule is C[C@H](NC(=O)OC(C)(C)C)C(=O)OC[C@@H](O)[C@@H](O)[C@H](O)[C@@H](O)CN(C)C(=O)[C@H](C)NC(=O)OC(C)(C)C. The van der Waals surface area contributed by atoms with Gasteiger partial charge >= 0.3 is 18.2 Å². The fourth-order valence-electron chi connectivity index (χ4n) is 2.74. The van der Waals surface area contributed by atoms with E-state index in [0.717, 1.165) is 4.90 Å². The Balaban J connectivity index is 4.72. The van der Waals surface area contributed by atoms with Crippen molar-refractivity contribution in [1.29, 1.82) is 0 Å². The lowest BCUT2D eigenvalue weighted by Crippen LogP contribution is -2.53. The minimum absolute atomic E-state index is 0.458. The second-order valence-electron chi connectivity index (χ2n) is 10.7. The van der Waals surface area contributed by atoms with Crippen LogP contribution in [-0.4, -0.2) is 117 Å². The van der Waals surface area contributed by atoms with Gasteiger partial charge in [0, 0.05) is 13.6 Å². The van der Waals surface area contributed by atoms with Crippen LogP contribution in [-0.2, 0) is 23.8 Å². The number of ether oxygens (including phenoxy) is 3. The largest absolute Gasteiger partial charge is 0.461 e. The summed E-state index contributed by atoms with van der Waals surface area (Å²) in [5, 5.41) is 45.3. The lowest BCUT2D eigenvalue weighted by molar-refractivity contribution is -0.158. The number of carbonyl (C=O) groups excluding carboxylic acids is 4. The van der Waals surface area contributed by atoms with Gasteiger partial charge in [0.15, 0.2) is 0 Å². The first kappa shape index (κ1) is 34.3. The molecule has 0 unspecified atom stereocenters. The van der Waals surface area contributed by atoms with Crippen molar-refractivity contribution in [3.05, 3.63) is 0 Å². The summed E-state index contributed by atoms with van der Waals surface area (Å²) in [5.41, 5.74) is -1.55. The number of amides is 3. The van der Waals surface area contributed by atoms with Crippen molar-refractivity contribution in [3.8, 4) is 0 Å². The molecule has 0 aromatic carbocycles. The molecular weight excluding hydrogens is 494 g/mol. The summed E-state index contributed by atoms with van der Waals surface area (Å²) in [5.74, 6) is -1.56. The predicted octanol–water partition coefficient (Wildman–Crippen LogP) is -0.742. The molecule has 0 radical (unpaired) electrons. The fourth-order valence-corrected chi connectivity index (χ4v) is 2.74. The summed E-state index contributed by atoms with van der Waals surface area (Å²) >= 11 is 0. The van der Waals surface area contributed by atoms with Crippen molar-refractivity contribution in [3.63, 3.8) is 0 Å². The highest BCUT2D eigenvalue weighted by Gasteiger charge is 2.34. The first-order valence-corrected chi connectivity index (χ1v) is 11.8. The second-order valence-corrected chi connectivity index (χ2v) is 10.7. The van der Waals surface area contributed by atoms with Gasteiger partial charge in [0.2, 0.25) is 5.91 Å². The highest BCUT2D eigenvalue weighted by atomic mass is 16.6. The van der Waals surface area contributed by atoms with E-state index in [1.165, 1.54) is 20.9 Å². The molecule has 0 aliphatic heterocycles. The lowest BCUT2D eigenvalue weighted by Gasteiger charge is -2.30. The summed E-state index contributed by atoms with van der Waals surface area (Å²) in [6.07, 6.45) is -9.03. The predicted molar refractivity (Wildman–Crippen MR) is 130 cm³/mol. The standard InChI is InChI=1S/C23H43N3O11/c1-12(24-20(33)36-22(3,4)5)18(31)26(9)10-14(27)16(29)17(30)15(28)11-35-19(32)13(2)25-21(34)37-23(6,7)8/h12-17,27-30H,10-11H2,1-9H3,(H,24,33)(H,25,34)/t12-,13-,14-,15+,16+,17+/m0/s1. The zero-order valence-electron chi connectivity index (χ0n) is 23.0. The lowest BCUT2D eigenvalue weighted by atomic mass is 10.0. The maximum absolute atomic E-state index is 12.5. The van der Waals surface area contributed by atoms with Gasteiger partial charge in [-0.3, -0.25) is 4.79 Å². The molecule has 0 saturated carbocycles. The van der Waals surface area contributed by atoms with Crippen molar-refractivity contribution in [1.82, 2.24) is 15.5 Å². The molecule has 0 heterocycles. The Morgan fingerprint density at radius 1 is 0.757 bits per heavy atom. The molecule has 0 aliphatic rings. The Morgan fingerprint density at radius 3 is 1.59 bits per heavy atom. The molecule has 6 atom stereocenters. The highest BCUT2D eigenvalue weighted by molar-refractivity contribution is 5.85. The Kier molecular flexibility index (Phi) is 13.3. The van der Waals surface area contributed by atoms with E-state index >= 15 is 0 Å². The number of carbonyl (C=O) groups is 4. The van der Waals surface area contributed by atoms with Gasteiger partial charge in [0.25, 0.3) is 0 Å². The zero-order valence-corrected chi connectivity index (χ0v) is 23.0. The molecule has 0 bridgehead atoms. The third kappa shape index (κ3) is 14.0. The van der Waals surface area contributed by atoms with Crippen molar-refractivity contribution in [2.45, 2.75) is 103 Å². The van der Waals surface area contributed by atoms with Gasteiger partial charge in [0.05, 0.1) is 0 Å². The van der Waals surface area contributed by atoms with Gasteiger partial charge in [-0.1, -0.05) is 0 Å². The molecule has 0 saturated heterocycles. The minimum Gasteiger partial charge on any atom is -0.461 e. The molecule has 0 aliphatic carbocycles. The van der Waals surface area contributed by atoms with E-state index in [4.69, 9.17) is 14.2 Å². The van der Waals surface area contributed by atoms with Gasteiger partial charge in [0.1, 0.15) is 54.3 Å². The topological polar surface area (TPSA) is 204 Å². The van der Waals surface area contributed by atoms with Crippen LogP contribution in [0.15, 0.2) is 0 Å². The molecule has 216 valence electrons. The molecule has 3 amide bonds. The Labute approximate surface area is 217 Å². The average Bonchev–Trinajstić information content (AvgIpc) is 2.72. The van der Waals surface area contributed by atoms with Gasteiger partial charge in [-0.2, -0.15) is 0 Å². The van der Waals surface area contributed by atoms with Crippen LogP contribution < -0.4 is 10.6 Å². The molecule has 0 spiro atoms. The number of hydrogen-bond donors (Lipinski definition) is 6. The second kappa shape index (κ2) is 14.3. The maximum Gasteiger partial charge on any atom is 0.408 e. The number of aliphatic hydroxyl groups excluding tert-OH is 4. The zero-order chi connectivity index (χ0) is 29.3. The molecule has 14 nitrogen and oxygen atoms in total. The van der Waals surface area contributed by atoms with Gasteiger partial charge in [-0.15, -0.1) is 0 Å². The molecule has 37 heavy (non-hydrogen) atoms. The summed E-state index contributed by atoms with van der Waals surface area (Å²) in [6, 6.07) is -2.15. The number of nitrogens with one attached hydrogen (secondary N) is 2. The van der Waals surface area contributed by atoms with Crippen LogP contribution >= 0.6 is 0 Å². The number of aliphatic hydroxyl groups is 4. The van der Waals surface area contributed by atoms with E-state index in [0.29, 0.717) is 0 Å².